The minimum absolute atomic E-state index is 0.0615. The van der Waals surface area contributed by atoms with Crippen LogP contribution >= 0.6 is 11.6 Å². The zero-order valence-electron chi connectivity index (χ0n) is 11.6. The second kappa shape index (κ2) is 5.73. The number of carbonyl (C=O) groups is 1. The third-order valence-corrected chi connectivity index (χ3v) is 3.56. The molecule has 0 atom stereocenters. The zero-order valence-corrected chi connectivity index (χ0v) is 12.4. The number of benzene rings is 2. The summed E-state index contributed by atoms with van der Waals surface area (Å²) in [7, 11) is 1.46. The highest BCUT2D eigenvalue weighted by atomic mass is 35.5. The summed E-state index contributed by atoms with van der Waals surface area (Å²) in [5.41, 5.74) is 1.88. The first-order valence-corrected chi connectivity index (χ1v) is 6.91. The van der Waals surface area contributed by atoms with Gasteiger partial charge in [-0.3, -0.25) is 4.79 Å². The smallest absolute Gasteiger partial charge is 0.252 e. The number of methoxy groups -OCH3 is 1. The van der Waals surface area contributed by atoms with E-state index in [0.717, 1.165) is 11.6 Å². The Balaban J connectivity index is 2.32. The Hall–Kier alpha value is -2.46. The van der Waals surface area contributed by atoms with E-state index in [1.54, 1.807) is 6.07 Å². The molecule has 3 nitrogen and oxygen atoms in total. The summed E-state index contributed by atoms with van der Waals surface area (Å²) in [5.74, 6) is -0.236. The van der Waals surface area contributed by atoms with Gasteiger partial charge in [-0.15, -0.1) is 0 Å². The van der Waals surface area contributed by atoms with E-state index in [2.05, 4.69) is 4.98 Å². The fourth-order valence-electron chi connectivity index (χ4n) is 2.31. The largest absolute Gasteiger partial charge is 0.496 e. The monoisotopic (exact) mass is 315 g/mol. The highest BCUT2D eigenvalue weighted by Gasteiger charge is 2.15. The van der Waals surface area contributed by atoms with Crippen molar-refractivity contribution in [3.05, 3.63) is 59.9 Å². The van der Waals surface area contributed by atoms with Gasteiger partial charge in [-0.25, -0.2) is 9.37 Å². The molecule has 0 bridgehead atoms. The maximum absolute atomic E-state index is 14.3. The summed E-state index contributed by atoms with van der Waals surface area (Å²) >= 11 is 5.44. The summed E-state index contributed by atoms with van der Waals surface area (Å²) < 4.78 is 19.5. The van der Waals surface area contributed by atoms with Crippen LogP contribution in [0.4, 0.5) is 4.39 Å². The van der Waals surface area contributed by atoms with Gasteiger partial charge in [-0.05, 0) is 23.7 Å². The minimum atomic E-state index is -0.730. The van der Waals surface area contributed by atoms with Gasteiger partial charge in [0.15, 0.2) is 0 Å². The third kappa shape index (κ3) is 2.53. The lowest BCUT2D eigenvalue weighted by molar-refractivity contribution is 0.108. The molecule has 0 spiro atoms. The van der Waals surface area contributed by atoms with E-state index < -0.39 is 11.1 Å². The molecule has 1 aromatic heterocycles. The number of pyridine rings is 1. The van der Waals surface area contributed by atoms with Crippen LogP contribution in [-0.4, -0.2) is 17.3 Å². The fourth-order valence-corrected chi connectivity index (χ4v) is 2.42. The van der Waals surface area contributed by atoms with Gasteiger partial charge in [0, 0.05) is 17.2 Å². The molecule has 0 amide bonds. The molecule has 3 aromatic rings. The summed E-state index contributed by atoms with van der Waals surface area (Å²) in [6.45, 7) is 0. The van der Waals surface area contributed by atoms with E-state index in [-0.39, 0.29) is 10.9 Å². The molecule has 0 N–H and O–H groups in total. The van der Waals surface area contributed by atoms with Crippen LogP contribution in [0.15, 0.2) is 48.5 Å². The van der Waals surface area contributed by atoms with E-state index in [0.29, 0.717) is 17.0 Å². The van der Waals surface area contributed by atoms with Gasteiger partial charge in [0.2, 0.25) is 0 Å². The molecule has 0 fully saturated rings. The zero-order chi connectivity index (χ0) is 15.7. The molecule has 0 aliphatic heterocycles. The van der Waals surface area contributed by atoms with Gasteiger partial charge in [0.1, 0.15) is 11.6 Å². The molecule has 110 valence electrons. The predicted molar refractivity (Wildman–Crippen MR) is 83.9 cm³/mol. The van der Waals surface area contributed by atoms with Crippen LogP contribution in [0.25, 0.3) is 22.2 Å². The number of carbonyl (C=O) groups excluding carboxylic acids is 1. The maximum Gasteiger partial charge on any atom is 0.252 e. The Kier molecular flexibility index (Phi) is 3.77. The molecule has 0 saturated carbocycles. The Morgan fingerprint density at radius 1 is 1.18 bits per heavy atom. The van der Waals surface area contributed by atoms with Crippen molar-refractivity contribution in [2.75, 3.05) is 7.11 Å². The second-order valence-corrected chi connectivity index (χ2v) is 5.04. The van der Waals surface area contributed by atoms with Gasteiger partial charge in [-0.2, -0.15) is 0 Å². The normalized spacial score (nSPS) is 10.7. The van der Waals surface area contributed by atoms with Crippen LogP contribution in [0.2, 0.25) is 0 Å². The molecule has 2 aromatic carbocycles. The first-order chi connectivity index (χ1) is 10.6. The van der Waals surface area contributed by atoms with Crippen molar-refractivity contribution in [2.45, 2.75) is 0 Å². The van der Waals surface area contributed by atoms with Crippen LogP contribution in [-0.2, 0) is 0 Å². The number of ether oxygens (including phenoxy) is 1. The highest BCUT2D eigenvalue weighted by molar-refractivity contribution is 6.67. The Labute approximate surface area is 131 Å². The van der Waals surface area contributed by atoms with Crippen molar-refractivity contribution >= 4 is 27.7 Å². The molecule has 0 aliphatic rings. The number of halogens is 2. The Morgan fingerprint density at radius 2 is 1.91 bits per heavy atom. The SMILES string of the molecule is COc1cc(-c2ccccc2)nc2cc(C(=O)Cl)cc(F)c12. The number of nitrogens with zero attached hydrogens (tertiary/aromatic N) is 1. The molecule has 0 radical (unpaired) electrons. The maximum atomic E-state index is 14.3. The summed E-state index contributed by atoms with van der Waals surface area (Å²) in [4.78, 5) is 15.7. The minimum Gasteiger partial charge on any atom is -0.496 e. The quantitative estimate of drug-likeness (QED) is 0.671. The molecular weight excluding hydrogens is 305 g/mol. The summed E-state index contributed by atoms with van der Waals surface area (Å²) in [6, 6.07) is 13.7. The number of hydrogen-bond donors (Lipinski definition) is 0. The van der Waals surface area contributed by atoms with E-state index in [9.17, 15) is 9.18 Å². The van der Waals surface area contributed by atoms with E-state index in [1.807, 2.05) is 30.3 Å². The van der Waals surface area contributed by atoms with Crippen molar-refractivity contribution in [1.29, 1.82) is 0 Å². The lowest BCUT2D eigenvalue weighted by Gasteiger charge is -2.10. The van der Waals surface area contributed by atoms with E-state index >= 15 is 0 Å². The summed E-state index contributed by atoms with van der Waals surface area (Å²) in [6.07, 6.45) is 0. The van der Waals surface area contributed by atoms with Crippen LogP contribution in [0, 0.1) is 5.82 Å². The molecular formula is C17H11ClFNO2. The Bertz CT molecular complexity index is 865. The van der Waals surface area contributed by atoms with Crippen LogP contribution < -0.4 is 4.74 Å². The number of aromatic nitrogens is 1. The van der Waals surface area contributed by atoms with Crippen molar-refractivity contribution in [2.24, 2.45) is 0 Å². The average Bonchev–Trinajstić information content (AvgIpc) is 2.54. The van der Waals surface area contributed by atoms with E-state index in [4.69, 9.17) is 16.3 Å². The number of fused-ring (bicyclic) bond motifs is 1. The average molecular weight is 316 g/mol. The van der Waals surface area contributed by atoms with Crippen molar-refractivity contribution in [1.82, 2.24) is 4.98 Å². The lowest BCUT2D eigenvalue weighted by atomic mass is 10.1. The van der Waals surface area contributed by atoms with Crippen LogP contribution in [0.1, 0.15) is 10.4 Å². The van der Waals surface area contributed by atoms with E-state index in [1.165, 1.54) is 13.2 Å². The molecule has 5 heteroatoms. The number of hydrogen-bond acceptors (Lipinski definition) is 3. The van der Waals surface area contributed by atoms with Gasteiger partial charge in [-0.1, -0.05) is 30.3 Å². The fraction of sp³-hybridized carbons (Fsp3) is 0.0588. The van der Waals surface area contributed by atoms with Crippen molar-refractivity contribution in [3.63, 3.8) is 0 Å². The molecule has 0 saturated heterocycles. The summed E-state index contributed by atoms with van der Waals surface area (Å²) in [5, 5.41) is -0.504. The van der Waals surface area contributed by atoms with Crippen molar-refractivity contribution < 1.29 is 13.9 Å². The van der Waals surface area contributed by atoms with Gasteiger partial charge >= 0.3 is 0 Å². The van der Waals surface area contributed by atoms with Crippen LogP contribution in [0.3, 0.4) is 0 Å². The topological polar surface area (TPSA) is 39.2 Å². The molecule has 3 rings (SSSR count). The number of rotatable bonds is 3. The highest BCUT2D eigenvalue weighted by Crippen LogP contribution is 2.32. The first-order valence-electron chi connectivity index (χ1n) is 6.53. The first kappa shape index (κ1) is 14.5. The Morgan fingerprint density at radius 3 is 2.55 bits per heavy atom. The van der Waals surface area contributed by atoms with Gasteiger partial charge in [0.25, 0.3) is 5.24 Å². The standard InChI is InChI=1S/C17H11ClFNO2/c1-22-15-9-13(10-5-3-2-4-6-10)20-14-8-11(17(18)21)7-12(19)16(14)15/h2-9H,1H3. The lowest BCUT2D eigenvalue weighted by Crippen LogP contribution is -1.97. The molecule has 22 heavy (non-hydrogen) atoms. The molecule has 1 heterocycles. The molecule has 0 aliphatic carbocycles. The van der Waals surface area contributed by atoms with Gasteiger partial charge in [0.05, 0.1) is 23.7 Å². The molecule has 0 unspecified atom stereocenters. The second-order valence-electron chi connectivity index (χ2n) is 4.70. The third-order valence-electron chi connectivity index (χ3n) is 3.34. The van der Waals surface area contributed by atoms with Crippen molar-refractivity contribution in [3.8, 4) is 17.0 Å². The van der Waals surface area contributed by atoms with Gasteiger partial charge < -0.3 is 4.74 Å². The predicted octanol–water partition coefficient (Wildman–Crippen LogP) is 4.43. The van der Waals surface area contributed by atoms with Crippen LogP contribution in [0.5, 0.6) is 5.75 Å².